The Morgan fingerprint density at radius 1 is 1.25 bits per heavy atom. The van der Waals surface area contributed by atoms with Crippen LogP contribution in [-0.2, 0) is 0 Å². The number of fused-ring (bicyclic) bond motifs is 1. The van der Waals surface area contributed by atoms with Gasteiger partial charge < -0.3 is 5.32 Å². The third-order valence-corrected chi connectivity index (χ3v) is 4.77. The summed E-state index contributed by atoms with van der Waals surface area (Å²) >= 11 is 0. The van der Waals surface area contributed by atoms with Gasteiger partial charge in [-0.2, -0.15) is 4.80 Å². The highest BCUT2D eigenvalue weighted by Gasteiger charge is 2.31. The Balaban J connectivity index is 1.85. The summed E-state index contributed by atoms with van der Waals surface area (Å²) in [6.07, 6.45) is 2.09. The molecule has 0 radical (unpaired) electrons. The average Bonchev–Trinajstić information content (AvgIpc) is 3.04. The van der Waals surface area contributed by atoms with Gasteiger partial charge in [0, 0.05) is 17.5 Å². The lowest BCUT2D eigenvalue weighted by Crippen LogP contribution is -2.36. The minimum absolute atomic E-state index is 0.182. The number of halogens is 1. The van der Waals surface area contributed by atoms with E-state index in [-0.39, 0.29) is 17.8 Å². The summed E-state index contributed by atoms with van der Waals surface area (Å²) in [5.41, 5.74) is 0.639. The summed E-state index contributed by atoms with van der Waals surface area (Å²) in [6.45, 7) is 3.64. The van der Waals surface area contributed by atoms with Crippen molar-refractivity contribution in [3.05, 3.63) is 53.6 Å². The number of tetrazole rings is 1. The molecule has 24 heavy (non-hydrogen) atoms. The molecular weight excluding hydrogens is 305 g/mol. The summed E-state index contributed by atoms with van der Waals surface area (Å²) in [6, 6.07) is 11.1. The molecule has 1 saturated heterocycles. The fourth-order valence-corrected chi connectivity index (χ4v) is 3.61. The van der Waals surface area contributed by atoms with E-state index in [1.807, 2.05) is 36.4 Å². The van der Waals surface area contributed by atoms with Gasteiger partial charge in [-0.05, 0) is 42.8 Å². The van der Waals surface area contributed by atoms with Crippen molar-refractivity contribution in [3.63, 3.8) is 0 Å². The van der Waals surface area contributed by atoms with Crippen LogP contribution in [0.3, 0.4) is 0 Å². The maximum Gasteiger partial charge on any atom is 0.171 e. The maximum absolute atomic E-state index is 15.3. The van der Waals surface area contributed by atoms with E-state index in [9.17, 15) is 0 Å². The molecule has 0 amide bonds. The zero-order valence-corrected chi connectivity index (χ0v) is 13.6. The molecule has 1 aliphatic rings. The van der Waals surface area contributed by atoms with Crippen molar-refractivity contribution in [2.24, 2.45) is 5.92 Å². The van der Waals surface area contributed by atoms with Gasteiger partial charge in [0.2, 0.25) is 0 Å². The first-order valence-corrected chi connectivity index (χ1v) is 8.38. The number of aromatic nitrogens is 4. The molecular formula is C18H20FN5. The lowest BCUT2D eigenvalue weighted by atomic mass is 9.86. The molecule has 2 atom stereocenters. The molecule has 3 aromatic rings. The van der Waals surface area contributed by atoms with Gasteiger partial charge >= 0.3 is 0 Å². The van der Waals surface area contributed by atoms with Gasteiger partial charge in [0.25, 0.3) is 0 Å². The first-order chi connectivity index (χ1) is 11.7. The molecule has 2 heterocycles. The molecule has 0 unspecified atom stereocenters. The fraction of sp³-hybridized carbons (Fsp3) is 0.389. The van der Waals surface area contributed by atoms with Gasteiger partial charge in [0.15, 0.2) is 5.82 Å². The van der Waals surface area contributed by atoms with Crippen LogP contribution in [0.25, 0.3) is 10.8 Å². The van der Waals surface area contributed by atoms with Crippen LogP contribution >= 0.6 is 0 Å². The van der Waals surface area contributed by atoms with Gasteiger partial charge in [-0.25, -0.2) is 4.39 Å². The Labute approximate surface area is 139 Å². The van der Waals surface area contributed by atoms with Crippen LogP contribution in [-0.4, -0.2) is 33.3 Å². The van der Waals surface area contributed by atoms with Crippen molar-refractivity contribution in [2.75, 3.05) is 13.1 Å². The molecule has 0 saturated carbocycles. The summed E-state index contributed by atoms with van der Waals surface area (Å²) in [7, 11) is 0. The van der Waals surface area contributed by atoms with Gasteiger partial charge in [0.1, 0.15) is 11.9 Å². The van der Waals surface area contributed by atoms with Crippen molar-refractivity contribution in [3.8, 4) is 0 Å². The maximum atomic E-state index is 15.3. The number of aryl methyl sites for hydroxylation is 1. The molecule has 0 bridgehead atoms. The predicted octanol–water partition coefficient (Wildman–Crippen LogP) is 2.86. The average molecular weight is 325 g/mol. The van der Waals surface area contributed by atoms with E-state index in [4.69, 9.17) is 0 Å². The second-order valence-electron chi connectivity index (χ2n) is 6.40. The van der Waals surface area contributed by atoms with E-state index >= 15 is 4.39 Å². The first kappa shape index (κ1) is 15.2. The number of benzene rings is 2. The molecule has 0 spiro atoms. The highest BCUT2D eigenvalue weighted by molar-refractivity contribution is 5.83. The minimum Gasteiger partial charge on any atom is -0.316 e. The van der Waals surface area contributed by atoms with Crippen LogP contribution in [0.1, 0.15) is 30.3 Å². The number of rotatable bonds is 3. The second kappa shape index (κ2) is 6.28. The molecule has 1 aromatic heterocycles. The molecule has 6 heteroatoms. The Morgan fingerprint density at radius 3 is 2.88 bits per heavy atom. The first-order valence-electron chi connectivity index (χ1n) is 8.38. The van der Waals surface area contributed by atoms with E-state index in [0.29, 0.717) is 16.8 Å². The second-order valence-corrected chi connectivity index (χ2v) is 6.40. The summed E-state index contributed by atoms with van der Waals surface area (Å²) in [5.74, 6) is 0.659. The van der Waals surface area contributed by atoms with Crippen LogP contribution in [0.4, 0.5) is 4.39 Å². The van der Waals surface area contributed by atoms with E-state index in [0.717, 1.165) is 31.3 Å². The van der Waals surface area contributed by atoms with Gasteiger partial charge in [0.05, 0.1) is 0 Å². The van der Waals surface area contributed by atoms with Crippen molar-refractivity contribution >= 4 is 10.8 Å². The van der Waals surface area contributed by atoms with Crippen molar-refractivity contribution in [1.82, 2.24) is 25.5 Å². The third kappa shape index (κ3) is 2.67. The lowest BCUT2D eigenvalue weighted by molar-refractivity contribution is 0.256. The quantitative estimate of drug-likeness (QED) is 0.804. The van der Waals surface area contributed by atoms with Crippen LogP contribution in [0, 0.1) is 18.7 Å². The number of hydrogen-bond acceptors (Lipinski definition) is 4. The minimum atomic E-state index is -0.247. The molecule has 2 aromatic carbocycles. The van der Waals surface area contributed by atoms with Crippen LogP contribution in [0.5, 0.6) is 0 Å². The Bertz CT molecular complexity index is 853. The highest BCUT2D eigenvalue weighted by Crippen LogP contribution is 2.34. The molecule has 1 aliphatic heterocycles. The van der Waals surface area contributed by atoms with Crippen molar-refractivity contribution < 1.29 is 4.39 Å². The summed E-state index contributed by atoms with van der Waals surface area (Å²) in [4.78, 5) is 1.58. The van der Waals surface area contributed by atoms with Gasteiger partial charge in [-0.15, -0.1) is 10.2 Å². The third-order valence-electron chi connectivity index (χ3n) is 4.77. The van der Waals surface area contributed by atoms with Crippen LogP contribution < -0.4 is 5.32 Å². The summed E-state index contributed by atoms with van der Waals surface area (Å²) in [5, 5.41) is 17.5. The Hall–Kier alpha value is -2.34. The van der Waals surface area contributed by atoms with E-state index in [2.05, 4.69) is 20.7 Å². The smallest absolute Gasteiger partial charge is 0.171 e. The van der Waals surface area contributed by atoms with E-state index in [1.165, 1.54) is 0 Å². The van der Waals surface area contributed by atoms with E-state index < -0.39 is 0 Å². The zero-order valence-electron chi connectivity index (χ0n) is 13.6. The molecule has 5 nitrogen and oxygen atoms in total. The monoisotopic (exact) mass is 325 g/mol. The number of hydrogen-bond donors (Lipinski definition) is 1. The predicted molar refractivity (Wildman–Crippen MR) is 90.2 cm³/mol. The Morgan fingerprint density at radius 2 is 2.12 bits per heavy atom. The Kier molecular flexibility index (Phi) is 3.98. The standard InChI is InChI=1S/C18H20FN5/c1-12-21-23-24(22-12)18(14-6-4-10-20-11-14)16-9-8-13-5-2-3-7-15(13)17(16)19/h2-3,5,7-9,14,18,20H,4,6,10-11H2,1H3/t14-,18-/m0/s1. The molecule has 0 aliphatic carbocycles. The fourth-order valence-electron chi connectivity index (χ4n) is 3.61. The normalized spacial score (nSPS) is 19.5. The largest absolute Gasteiger partial charge is 0.316 e. The number of piperidine rings is 1. The van der Waals surface area contributed by atoms with Gasteiger partial charge in [-0.3, -0.25) is 0 Å². The van der Waals surface area contributed by atoms with Gasteiger partial charge in [-0.1, -0.05) is 36.4 Å². The summed E-state index contributed by atoms with van der Waals surface area (Å²) < 4.78 is 15.3. The SMILES string of the molecule is Cc1nnn([C@H](c2ccc3ccccc3c2F)[C@H]2CCCNC2)n1. The highest BCUT2D eigenvalue weighted by atomic mass is 19.1. The van der Waals surface area contributed by atoms with Crippen molar-refractivity contribution in [1.29, 1.82) is 0 Å². The van der Waals surface area contributed by atoms with Crippen LogP contribution in [0.2, 0.25) is 0 Å². The molecule has 4 rings (SSSR count). The molecule has 124 valence electrons. The molecule has 1 fully saturated rings. The van der Waals surface area contributed by atoms with E-state index in [1.54, 1.807) is 11.7 Å². The van der Waals surface area contributed by atoms with Crippen LogP contribution in [0.15, 0.2) is 36.4 Å². The number of nitrogens with one attached hydrogen (secondary N) is 1. The molecule has 1 N–H and O–H groups in total. The van der Waals surface area contributed by atoms with Crippen molar-refractivity contribution in [2.45, 2.75) is 25.8 Å². The lowest BCUT2D eigenvalue weighted by Gasteiger charge is -2.30. The number of nitrogens with zero attached hydrogens (tertiary/aromatic N) is 4. The zero-order chi connectivity index (χ0) is 16.5. The topological polar surface area (TPSA) is 55.6 Å².